The van der Waals surface area contributed by atoms with Gasteiger partial charge in [-0.2, -0.15) is 26.3 Å². The van der Waals surface area contributed by atoms with Gasteiger partial charge in [-0.1, -0.05) is 0 Å². The van der Waals surface area contributed by atoms with E-state index < -0.39 is 24.3 Å². The summed E-state index contributed by atoms with van der Waals surface area (Å²) < 4.78 is 71.2. The van der Waals surface area contributed by atoms with E-state index in [0.717, 1.165) is 18.2 Å². The molecule has 0 bridgehead atoms. The van der Waals surface area contributed by atoms with E-state index in [9.17, 15) is 31.1 Å². The first-order valence-electron chi connectivity index (χ1n) is 11.0. The van der Waals surface area contributed by atoms with Crippen LogP contribution in [-0.2, 0) is 27.4 Å². The molecule has 16 heteroatoms. The number of nitrogens with zero attached hydrogens (tertiary/aromatic N) is 4. The Morgan fingerprint density at radius 3 is 2.11 bits per heavy atom. The summed E-state index contributed by atoms with van der Waals surface area (Å²) in [5.74, 6) is -4.55. The van der Waals surface area contributed by atoms with Crippen LogP contribution in [0.1, 0.15) is 40.5 Å². The highest BCUT2D eigenvalue weighted by molar-refractivity contribution is 5.94. The number of carboxylic acid groups (broad SMARTS) is 2. The largest absolute Gasteiger partial charge is 0.490 e. The third-order valence-corrected chi connectivity index (χ3v) is 5.33. The zero-order chi connectivity index (χ0) is 28.7. The molecule has 1 atom stereocenters. The predicted molar refractivity (Wildman–Crippen MR) is 116 cm³/mol. The van der Waals surface area contributed by atoms with Crippen LogP contribution >= 0.6 is 0 Å². The summed E-state index contributed by atoms with van der Waals surface area (Å²) in [4.78, 5) is 41.1. The molecule has 2 aliphatic rings. The zero-order valence-corrected chi connectivity index (χ0v) is 19.9. The normalized spacial score (nSPS) is 16.8. The number of pyridine rings is 1. The van der Waals surface area contributed by atoms with Gasteiger partial charge in [-0.05, 0) is 30.9 Å². The number of carbonyl (C=O) groups is 3. The molecule has 0 aromatic carbocycles. The Hall–Kier alpha value is -3.69. The lowest BCUT2D eigenvalue weighted by molar-refractivity contribution is -0.193. The van der Waals surface area contributed by atoms with E-state index in [2.05, 4.69) is 14.5 Å². The number of fused-ring (bicyclic) bond motifs is 1. The van der Waals surface area contributed by atoms with Crippen molar-refractivity contribution in [2.75, 3.05) is 20.3 Å². The molecule has 2 N–H and O–H groups in total. The molecule has 1 aliphatic heterocycles. The predicted octanol–water partition coefficient (Wildman–Crippen LogP) is 3.34. The number of hydrogen-bond donors (Lipinski definition) is 2. The van der Waals surface area contributed by atoms with Crippen molar-refractivity contribution in [1.82, 2.24) is 19.4 Å². The maximum atomic E-state index is 12.8. The van der Waals surface area contributed by atoms with Crippen molar-refractivity contribution >= 4 is 17.8 Å². The first-order valence-corrected chi connectivity index (χ1v) is 11.0. The van der Waals surface area contributed by atoms with Gasteiger partial charge in [0.05, 0.1) is 30.7 Å². The third-order valence-electron chi connectivity index (χ3n) is 5.33. The van der Waals surface area contributed by atoms with Gasteiger partial charge < -0.3 is 24.4 Å². The van der Waals surface area contributed by atoms with Crippen molar-refractivity contribution in [2.24, 2.45) is 5.92 Å². The van der Waals surface area contributed by atoms with E-state index in [1.165, 1.54) is 18.5 Å². The Kier molecular flexibility index (Phi) is 10.2. The van der Waals surface area contributed by atoms with Crippen molar-refractivity contribution < 1.29 is 55.7 Å². The summed E-state index contributed by atoms with van der Waals surface area (Å²) >= 11 is 0. The third kappa shape index (κ3) is 9.00. The molecule has 1 saturated carbocycles. The highest BCUT2D eigenvalue weighted by Crippen LogP contribution is 2.34. The summed E-state index contributed by atoms with van der Waals surface area (Å²) in [6.07, 6.45) is -2.31. The molecule has 38 heavy (non-hydrogen) atoms. The van der Waals surface area contributed by atoms with Crippen LogP contribution < -0.4 is 0 Å². The van der Waals surface area contributed by atoms with E-state index in [4.69, 9.17) is 24.5 Å². The van der Waals surface area contributed by atoms with Crippen molar-refractivity contribution in [3.05, 3.63) is 47.8 Å². The smallest absolute Gasteiger partial charge is 0.475 e. The number of halogens is 6. The number of ether oxygens (including phenoxy) is 1. The number of carboxylic acids is 2. The van der Waals surface area contributed by atoms with Crippen LogP contribution in [0, 0.1) is 5.92 Å². The number of methoxy groups -OCH3 is 1. The number of carbonyl (C=O) groups excluding carboxylic acids is 1. The lowest BCUT2D eigenvalue weighted by Gasteiger charge is -2.33. The molecule has 0 radical (unpaired) electrons. The maximum Gasteiger partial charge on any atom is 0.490 e. The van der Waals surface area contributed by atoms with Crippen molar-refractivity contribution in [3.63, 3.8) is 0 Å². The fourth-order valence-corrected chi connectivity index (χ4v) is 3.51. The summed E-state index contributed by atoms with van der Waals surface area (Å²) in [5.41, 5.74) is 2.87. The van der Waals surface area contributed by atoms with Gasteiger partial charge in [0, 0.05) is 44.2 Å². The molecule has 1 amide bonds. The Labute approximate surface area is 211 Å². The van der Waals surface area contributed by atoms with Crippen LogP contribution in [0.15, 0.2) is 30.9 Å². The summed E-state index contributed by atoms with van der Waals surface area (Å²) in [6.45, 7) is 2.85. The highest BCUT2D eigenvalue weighted by atomic mass is 19.4. The average Bonchev–Trinajstić information content (AvgIpc) is 3.56. The topological polar surface area (TPSA) is 135 Å². The summed E-state index contributed by atoms with van der Waals surface area (Å²) in [6, 6.07) is 3.60. The molecule has 1 aliphatic carbocycles. The molecule has 1 fully saturated rings. The SMILES string of the molecule is COCC1CN(C(=O)c2cccnc2)Cc2ncn(CC3CC3)c21.O=C(O)C(F)(F)F.O=C(O)C(F)(F)F. The second-order valence-electron chi connectivity index (χ2n) is 8.36. The molecule has 2 aromatic heterocycles. The fourth-order valence-electron chi connectivity index (χ4n) is 3.51. The van der Waals surface area contributed by atoms with Gasteiger partial charge in [0.2, 0.25) is 0 Å². The van der Waals surface area contributed by atoms with Crippen LogP contribution in [0.25, 0.3) is 0 Å². The molecule has 210 valence electrons. The van der Waals surface area contributed by atoms with Crippen molar-refractivity contribution in [2.45, 2.75) is 44.2 Å². The molecule has 3 heterocycles. The first-order chi connectivity index (χ1) is 17.6. The van der Waals surface area contributed by atoms with Gasteiger partial charge >= 0.3 is 24.3 Å². The van der Waals surface area contributed by atoms with Crippen LogP contribution in [0.4, 0.5) is 26.3 Å². The van der Waals surface area contributed by atoms with Gasteiger partial charge in [0.1, 0.15) is 0 Å². The van der Waals surface area contributed by atoms with E-state index in [0.29, 0.717) is 25.3 Å². The minimum Gasteiger partial charge on any atom is -0.475 e. The Morgan fingerprint density at radius 1 is 1.08 bits per heavy atom. The van der Waals surface area contributed by atoms with Crippen LogP contribution in [0.3, 0.4) is 0 Å². The highest BCUT2D eigenvalue weighted by Gasteiger charge is 2.39. The van der Waals surface area contributed by atoms with Crippen LogP contribution in [-0.4, -0.2) is 80.1 Å². The number of aliphatic carboxylic acids is 2. The van der Waals surface area contributed by atoms with Crippen molar-refractivity contribution in [1.29, 1.82) is 0 Å². The van der Waals surface area contributed by atoms with E-state index >= 15 is 0 Å². The fraction of sp³-hybridized carbons (Fsp3) is 0.500. The zero-order valence-electron chi connectivity index (χ0n) is 19.9. The molecular weight excluding hydrogens is 530 g/mol. The number of rotatable bonds is 5. The summed E-state index contributed by atoms with van der Waals surface area (Å²) in [5, 5.41) is 14.2. The van der Waals surface area contributed by atoms with Gasteiger partial charge in [0.25, 0.3) is 5.91 Å². The van der Waals surface area contributed by atoms with Crippen molar-refractivity contribution in [3.8, 4) is 0 Å². The van der Waals surface area contributed by atoms with Gasteiger partial charge in [-0.15, -0.1) is 0 Å². The van der Waals surface area contributed by atoms with Gasteiger partial charge in [-0.3, -0.25) is 9.78 Å². The molecule has 4 rings (SSSR count). The van der Waals surface area contributed by atoms with Crippen LogP contribution in [0.2, 0.25) is 0 Å². The maximum absolute atomic E-state index is 12.8. The number of alkyl halides is 6. The number of imidazole rings is 1. The lowest BCUT2D eigenvalue weighted by Crippen LogP contribution is -2.40. The minimum atomic E-state index is -5.08. The standard InChI is InChI=1S/C18H22N4O2.2C2HF3O2/c1-24-11-15-9-21(18(23)14-3-2-6-19-7-14)10-16-17(15)22(12-20-16)8-13-4-5-13;2*3-2(4,5)1(6)7/h2-3,6-7,12-13,15H,4-5,8-11H2,1H3;2*(H,6,7). The molecule has 0 saturated heterocycles. The lowest BCUT2D eigenvalue weighted by atomic mass is 9.98. The molecule has 10 nitrogen and oxygen atoms in total. The van der Waals surface area contributed by atoms with E-state index in [1.807, 2.05) is 17.3 Å². The van der Waals surface area contributed by atoms with E-state index in [1.54, 1.807) is 25.6 Å². The quantitative estimate of drug-likeness (QED) is 0.538. The second kappa shape index (κ2) is 12.7. The first kappa shape index (κ1) is 30.5. The molecule has 1 unspecified atom stereocenters. The molecule has 0 spiro atoms. The minimum absolute atomic E-state index is 0.00611. The Bertz CT molecular complexity index is 1080. The number of aromatic nitrogens is 3. The summed E-state index contributed by atoms with van der Waals surface area (Å²) in [7, 11) is 1.71. The van der Waals surface area contributed by atoms with Gasteiger partial charge in [-0.25, -0.2) is 14.6 Å². The van der Waals surface area contributed by atoms with E-state index in [-0.39, 0.29) is 11.8 Å². The monoisotopic (exact) mass is 554 g/mol. The van der Waals surface area contributed by atoms with Gasteiger partial charge in [0.15, 0.2) is 0 Å². The van der Waals surface area contributed by atoms with Crippen LogP contribution in [0.5, 0.6) is 0 Å². The second-order valence-corrected chi connectivity index (χ2v) is 8.36. The Balaban J connectivity index is 0.000000301. The number of hydrogen-bond acceptors (Lipinski definition) is 6. The number of amides is 1. The Morgan fingerprint density at radius 2 is 1.66 bits per heavy atom. The molecular formula is C22H24F6N4O6. The molecule has 2 aromatic rings. The average molecular weight is 554 g/mol.